The van der Waals surface area contributed by atoms with Crippen molar-refractivity contribution < 1.29 is 9.53 Å². The van der Waals surface area contributed by atoms with Gasteiger partial charge in [0.1, 0.15) is 5.75 Å². The van der Waals surface area contributed by atoms with E-state index in [-0.39, 0.29) is 5.62 Å². The number of thioether (sulfide) groups is 1. The van der Waals surface area contributed by atoms with Crippen molar-refractivity contribution in [2.45, 2.75) is 25.9 Å². The van der Waals surface area contributed by atoms with E-state index in [2.05, 4.69) is 15.3 Å². The molecule has 6 rings (SSSR count). The number of aromatic nitrogens is 5. The smallest absolute Gasteiger partial charge is 0.348 e. The van der Waals surface area contributed by atoms with Crippen molar-refractivity contribution in [1.82, 2.24) is 23.7 Å². The summed E-state index contributed by atoms with van der Waals surface area (Å²) in [7, 11) is 0. The number of carbonyl (C=O) groups is 1. The molecule has 0 aliphatic heterocycles. The van der Waals surface area contributed by atoms with Gasteiger partial charge in [-0.25, -0.2) is 23.7 Å². The highest BCUT2D eigenvalue weighted by molar-refractivity contribution is 7.98. The first-order chi connectivity index (χ1) is 22.3. The van der Waals surface area contributed by atoms with E-state index in [0.717, 1.165) is 16.8 Å². The maximum absolute atomic E-state index is 14.5. The van der Waals surface area contributed by atoms with E-state index in [1.807, 2.05) is 117 Å². The van der Waals surface area contributed by atoms with Crippen LogP contribution in [0.3, 0.4) is 0 Å². The predicted molar refractivity (Wildman–Crippen MR) is 180 cm³/mol. The van der Waals surface area contributed by atoms with Gasteiger partial charge in [-0.1, -0.05) is 54.2 Å². The van der Waals surface area contributed by atoms with Crippen molar-refractivity contribution in [3.63, 3.8) is 0 Å². The van der Waals surface area contributed by atoms with Crippen LogP contribution in [-0.4, -0.2) is 36.0 Å². The number of aryl methyl sites for hydroxylation is 3. The zero-order chi connectivity index (χ0) is 32.2. The summed E-state index contributed by atoms with van der Waals surface area (Å²) in [6.07, 6.45) is 5.40. The molecule has 2 heterocycles. The molecule has 1 N–H and O–H groups in total. The third-order valence-corrected chi connectivity index (χ3v) is 7.68. The second kappa shape index (κ2) is 13.1. The molecule has 0 atom stereocenters. The second-order valence-electron chi connectivity index (χ2n) is 10.6. The lowest BCUT2D eigenvalue weighted by Crippen LogP contribution is -2.42. The summed E-state index contributed by atoms with van der Waals surface area (Å²) in [5.41, 5.74) is 4.59. The number of ether oxygens (including phenoxy) is 1. The fourth-order valence-electron chi connectivity index (χ4n) is 4.95. The van der Waals surface area contributed by atoms with Crippen LogP contribution in [0.4, 0.5) is 10.5 Å². The standard InChI is InChI=1S/C35H31N7O3S/c1-23-10-8-12-26(18-23)37-33(43)38-32-39-34(46-4)42(35(44)41(32)27-13-9-11-24(2)19-27)28-16-17-31(45-29-14-6-5-7-15-29)30(20-28)40-21-25(3)36-22-40/h5-22H,1-4H3,(H,37,43)/b38-32+. The number of carbonyl (C=O) groups excluding carboxylic acids is 1. The lowest BCUT2D eigenvalue weighted by Gasteiger charge is -2.17. The van der Waals surface area contributed by atoms with Gasteiger partial charge in [0.2, 0.25) is 5.62 Å². The number of nitrogens with zero attached hydrogens (tertiary/aromatic N) is 6. The van der Waals surface area contributed by atoms with E-state index in [1.54, 1.807) is 24.5 Å². The van der Waals surface area contributed by atoms with Crippen LogP contribution >= 0.6 is 11.8 Å². The molecule has 0 aliphatic rings. The topological polar surface area (TPSA) is 108 Å². The van der Waals surface area contributed by atoms with Crippen LogP contribution in [0.5, 0.6) is 11.5 Å². The summed E-state index contributed by atoms with van der Waals surface area (Å²) in [4.78, 5) is 41.1. The van der Waals surface area contributed by atoms with Gasteiger partial charge in [0, 0.05) is 11.9 Å². The number of hydrogen-bond donors (Lipinski definition) is 1. The maximum Gasteiger partial charge on any atom is 0.348 e. The van der Waals surface area contributed by atoms with Crippen LogP contribution in [0.15, 0.2) is 125 Å². The molecular weight excluding hydrogens is 598 g/mol. The summed E-state index contributed by atoms with van der Waals surface area (Å²) in [5, 5.41) is 3.13. The second-order valence-corrected chi connectivity index (χ2v) is 11.4. The molecule has 4 aromatic carbocycles. The highest BCUT2D eigenvalue weighted by Crippen LogP contribution is 2.31. The number of nitrogens with one attached hydrogen (secondary N) is 1. The Morgan fingerprint density at radius 1 is 0.848 bits per heavy atom. The van der Waals surface area contributed by atoms with E-state index in [1.165, 1.54) is 20.9 Å². The Balaban J connectivity index is 1.54. The molecular formula is C35H31N7O3S. The first kappa shape index (κ1) is 30.4. The van der Waals surface area contributed by atoms with E-state index in [4.69, 9.17) is 9.72 Å². The molecule has 0 saturated carbocycles. The van der Waals surface area contributed by atoms with Crippen molar-refractivity contribution in [3.05, 3.63) is 143 Å². The molecule has 0 spiro atoms. The van der Waals surface area contributed by atoms with Gasteiger partial charge in [0.15, 0.2) is 10.9 Å². The molecule has 0 radical (unpaired) electrons. The molecule has 0 unspecified atom stereocenters. The number of rotatable bonds is 7. The molecule has 230 valence electrons. The van der Waals surface area contributed by atoms with Gasteiger partial charge in [-0.2, -0.15) is 9.98 Å². The van der Waals surface area contributed by atoms with E-state index in [9.17, 15) is 9.59 Å². The van der Waals surface area contributed by atoms with Crippen molar-refractivity contribution in [3.8, 4) is 28.6 Å². The van der Waals surface area contributed by atoms with Gasteiger partial charge in [-0.3, -0.25) is 0 Å². The predicted octanol–water partition coefficient (Wildman–Crippen LogP) is 6.78. The van der Waals surface area contributed by atoms with Gasteiger partial charge < -0.3 is 14.6 Å². The maximum atomic E-state index is 14.5. The monoisotopic (exact) mass is 629 g/mol. The molecule has 10 nitrogen and oxygen atoms in total. The Kier molecular flexibility index (Phi) is 8.66. The SMILES string of the molecule is CSc1n/c(=N\C(=O)Nc2cccc(C)c2)n(-c2cccc(C)c2)c(=O)n1-c1ccc(Oc2ccccc2)c(-n2cnc(C)c2)c1. The van der Waals surface area contributed by atoms with Crippen molar-refractivity contribution in [1.29, 1.82) is 0 Å². The van der Waals surface area contributed by atoms with Crippen LogP contribution in [0.25, 0.3) is 17.1 Å². The normalized spacial score (nSPS) is 11.4. The minimum absolute atomic E-state index is 0.0455. The largest absolute Gasteiger partial charge is 0.455 e. The fraction of sp³-hybridized carbons (Fsp3) is 0.114. The first-order valence-electron chi connectivity index (χ1n) is 14.5. The van der Waals surface area contributed by atoms with E-state index >= 15 is 0 Å². The zero-order valence-electron chi connectivity index (χ0n) is 25.7. The molecule has 2 amide bonds. The third-order valence-electron chi connectivity index (χ3n) is 7.04. The number of anilines is 1. The number of para-hydroxylation sites is 1. The van der Waals surface area contributed by atoms with Gasteiger partial charge >= 0.3 is 11.7 Å². The average molecular weight is 630 g/mol. The fourth-order valence-corrected chi connectivity index (χ4v) is 5.48. The highest BCUT2D eigenvalue weighted by atomic mass is 32.2. The van der Waals surface area contributed by atoms with Gasteiger partial charge in [-0.05, 0) is 92.8 Å². The quantitative estimate of drug-likeness (QED) is 0.195. The van der Waals surface area contributed by atoms with Gasteiger partial charge in [-0.15, -0.1) is 0 Å². The molecule has 0 fully saturated rings. The molecule has 46 heavy (non-hydrogen) atoms. The first-order valence-corrected chi connectivity index (χ1v) is 15.7. The summed E-state index contributed by atoms with van der Waals surface area (Å²) in [6, 6.07) is 29.1. The summed E-state index contributed by atoms with van der Waals surface area (Å²) < 4.78 is 11.0. The lowest BCUT2D eigenvalue weighted by atomic mass is 10.2. The Bertz CT molecular complexity index is 2190. The number of amides is 2. The number of benzene rings is 4. The number of imidazole rings is 1. The minimum Gasteiger partial charge on any atom is -0.455 e. The molecule has 6 aromatic rings. The Morgan fingerprint density at radius 2 is 1.59 bits per heavy atom. The molecule has 0 saturated heterocycles. The Labute approximate surface area is 269 Å². The van der Waals surface area contributed by atoms with Crippen molar-refractivity contribution in [2.24, 2.45) is 4.99 Å². The summed E-state index contributed by atoms with van der Waals surface area (Å²) >= 11 is 1.27. The number of urea groups is 1. The van der Waals surface area contributed by atoms with Crippen LogP contribution < -0.4 is 21.4 Å². The summed E-state index contributed by atoms with van der Waals surface area (Å²) in [6.45, 7) is 5.77. The van der Waals surface area contributed by atoms with Crippen LogP contribution in [-0.2, 0) is 0 Å². The molecule has 0 aliphatic carbocycles. The Hall–Kier alpha value is -5.68. The highest BCUT2D eigenvalue weighted by Gasteiger charge is 2.18. The lowest BCUT2D eigenvalue weighted by molar-refractivity contribution is 0.258. The molecule has 11 heteroatoms. The average Bonchev–Trinajstić information content (AvgIpc) is 3.47. The van der Waals surface area contributed by atoms with Crippen molar-refractivity contribution in [2.75, 3.05) is 11.6 Å². The Morgan fingerprint density at radius 3 is 2.28 bits per heavy atom. The van der Waals surface area contributed by atoms with Gasteiger partial charge in [0.05, 0.1) is 29.1 Å². The van der Waals surface area contributed by atoms with Crippen LogP contribution in [0.1, 0.15) is 16.8 Å². The van der Waals surface area contributed by atoms with Gasteiger partial charge in [0.25, 0.3) is 0 Å². The zero-order valence-corrected chi connectivity index (χ0v) is 26.5. The molecule has 0 bridgehead atoms. The van der Waals surface area contributed by atoms with E-state index in [0.29, 0.717) is 39.4 Å². The number of hydrogen-bond acceptors (Lipinski definition) is 6. The van der Waals surface area contributed by atoms with Crippen molar-refractivity contribution >= 4 is 23.5 Å². The molecule has 2 aromatic heterocycles. The third kappa shape index (κ3) is 6.54. The summed E-state index contributed by atoms with van der Waals surface area (Å²) in [5.74, 6) is 1.24. The van der Waals surface area contributed by atoms with Crippen LogP contribution in [0, 0.1) is 20.8 Å². The van der Waals surface area contributed by atoms with E-state index < -0.39 is 11.7 Å². The minimum atomic E-state index is -0.649. The van der Waals surface area contributed by atoms with Crippen LogP contribution in [0.2, 0.25) is 0 Å².